The molecule has 50 heavy (non-hydrogen) atoms. The first kappa shape index (κ1) is 37.7. The molecule has 2 bridgehead atoms. The number of hydrogen-bond acceptors (Lipinski definition) is 7. The van der Waals surface area contributed by atoms with Crippen molar-refractivity contribution in [2.75, 3.05) is 20.2 Å². The summed E-state index contributed by atoms with van der Waals surface area (Å²) in [6, 6.07) is 7.24. The number of rotatable bonds is 16. The van der Waals surface area contributed by atoms with Crippen molar-refractivity contribution < 1.29 is 33.8 Å². The number of allylic oxidation sites excluding steroid dienone is 1. The summed E-state index contributed by atoms with van der Waals surface area (Å²) in [6.45, 7) is 13.5. The van der Waals surface area contributed by atoms with Gasteiger partial charge in [0.05, 0.1) is 36.6 Å². The van der Waals surface area contributed by atoms with Crippen molar-refractivity contribution in [1.82, 2.24) is 14.7 Å². The van der Waals surface area contributed by atoms with Gasteiger partial charge in [0.25, 0.3) is 0 Å². The van der Waals surface area contributed by atoms with Gasteiger partial charge in [0.1, 0.15) is 17.7 Å². The van der Waals surface area contributed by atoms with E-state index in [-0.39, 0.29) is 42.7 Å². The lowest BCUT2D eigenvalue weighted by molar-refractivity contribution is -0.165. The molecule has 1 N–H and O–H groups in total. The molecule has 274 valence electrons. The number of carbonyl (C=O) groups excluding carboxylic acids is 4. The highest BCUT2D eigenvalue weighted by atomic mass is 16.6. The maximum atomic E-state index is 15.0. The second kappa shape index (κ2) is 16.2. The first-order chi connectivity index (χ1) is 24.1. The van der Waals surface area contributed by atoms with E-state index in [1.54, 1.807) is 29.0 Å². The number of esters is 1. The van der Waals surface area contributed by atoms with Gasteiger partial charge < -0.3 is 29.3 Å². The normalized spacial score (nSPS) is 28.3. The van der Waals surface area contributed by atoms with Crippen molar-refractivity contribution in [2.45, 2.75) is 127 Å². The lowest BCUT2D eigenvalue weighted by atomic mass is 9.70. The van der Waals surface area contributed by atoms with Gasteiger partial charge >= 0.3 is 5.97 Å². The number of benzene rings is 1. The Hall–Kier alpha value is -3.50. The molecule has 0 radical (unpaired) electrons. The van der Waals surface area contributed by atoms with E-state index in [2.05, 4.69) is 13.2 Å². The summed E-state index contributed by atoms with van der Waals surface area (Å²) < 4.78 is 13.1. The van der Waals surface area contributed by atoms with Gasteiger partial charge in [-0.1, -0.05) is 82.0 Å². The summed E-state index contributed by atoms with van der Waals surface area (Å²) >= 11 is 0. The van der Waals surface area contributed by atoms with E-state index < -0.39 is 53.7 Å². The third kappa shape index (κ3) is 6.90. The molecule has 3 saturated heterocycles. The molecule has 3 heterocycles. The monoisotopic (exact) mass is 691 g/mol. The van der Waals surface area contributed by atoms with E-state index in [4.69, 9.17) is 9.47 Å². The summed E-state index contributed by atoms with van der Waals surface area (Å²) in [4.78, 5) is 62.4. The van der Waals surface area contributed by atoms with Crippen LogP contribution in [0.2, 0.25) is 0 Å². The highest BCUT2D eigenvalue weighted by Gasteiger charge is 2.76. The standard InChI is InChI=1S/C40H57N3O7/c1-7-10-21-32(45)41(6)27(5)35(28-17-13-11-14-18-28)49-39(48)33-31-22-23-40(50-31)34(33)37(46)43(30(25-44)26(4)9-3)36(40)38(47)42(24-8-2)29-19-15-12-16-20-29/h7-8,11,13-14,17-18,26-27,29-31,33-36,44H,1-2,9-10,12,15-16,19-25H2,3-6H3/t26-,27-,30-,31+,33-,34-,35+,36+,40-/m0/s1. The maximum absolute atomic E-state index is 15.0. The zero-order valence-corrected chi connectivity index (χ0v) is 30.4. The molecule has 1 aromatic carbocycles. The smallest absolute Gasteiger partial charge is 0.313 e. The molecule has 3 amide bonds. The molecule has 0 aromatic heterocycles. The summed E-state index contributed by atoms with van der Waals surface area (Å²) in [5, 5.41) is 10.8. The fourth-order valence-electron chi connectivity index (χ4n) is 9.04. The summed E-state index contributed by atoms with van der Waals surface area (Å²) in [5.74, 6) is -3.17. The molecule has 1 spiro atoms. The number of ether oxygens (including phenoxy) is 2. The highest BCUT2D eigenvalue weighted by Crippen LogP contribution is 2.60. The molecule has 10 heteroatoms. The van der Waals surface area contributed by atoms with Crippen LogP contribution in [0.5, 0.6) is 0 Å². The van der Waals surface area contributed by atoms with Gasteiger partial charge in [-0.15, -0.1) is 13.2 Å². The van der Waals surface area contributed by atoms with Crippen LogP contribution in [0.25, 0.3) is 0 Å². The number of aliphatic hydroxyl groups is 1. The molecule has 3 aliphatic heterocycles. The molecule has 9 atom stereocenters. The van der Waals surface area contributed by atoms with Crippen LogP contribution in [0.3, 0.4) is 0 Å². The van der Waals surface area contributed by atoms with E-state index >= 15 is 0 Å². The van der Waals surface area contributed by atoms with Crippen LogP contribution in [-0.2, 0) is 28.7 Å². The maximum Gasteiger partial charge on any atom is 0.313 e. The number of nitrogens with zero attached hydrogens (tertiary/aromatic N) is 3. The number of likely N-dealkylation sites (tertiary alicyclic amines) is 1. The van der Waals surface area contributed by atoms with Gasteiger partial charge in [-0.25, -0.2) is 0 Å². The fraction of sp³-hybridized carbons (Fsp3) is 0.650. The Balaban J connectivity index is 1.51. The third-order valence-corrected chi connectivity index (χ3v) is 12.1. The second-order valence-electron chi connectivity index (χ2n) is 14.8. The Bertz CT molecular complexity index is 1400. The van der Waals surface area contributed by atoms with E-state index in [1.807, 2.05) is 56.0 Å². The topological polar surface area (TPSA) is 117 Å². The SMILES string of the molecule is C=CCCC(=O)N(C)[C@@H](C)[C@@H](OC(=O)[C@@H]1[C@H]2C(=O)N([C@@H](CO)[C@@H](C)CC)[C@H](C(=O)N(CC=C)C3CCCCC3)[C@]23CC[C@H]1O3)c1ccccc1. The van der Waals surface area contributed by atoms with Gasteiger partial charge in [-0.05, 0) is 50.5 Å². The number of carbonyl (C=O) groups is 4. The number of aliphatic hydroxyl groups excluding tert-OH is 1. The summed E-state index contributed by atoms with van der Waals surface area (Å²) in [5.41, 5.74) is -0.490. The Morgan fingerprint density at radius 1 is 1.10 bits per heavy atom. The van der Waals surface area contributed by atoms with E-state index in [0.717, 1.165) is 37.7 Å². The van der Waals surface area contributed by atoms with E-state index in [0.29, 0.717) is 32.2 Å². The lowest BCUT2D eigenvalue weighted by Crippen LogP contribution is -2.61. The minimum atomic E-state index is -1.22. The Labute approximate surface area is 297 Å². The number of hydrogen-bond donors (Lipinski definition) is 1. The average molecular weight is 692 g/mol. The van der Waals surface area contributed by atoms with Gasteiger partial charge in [0.2, 0.25) is 17.7 Å². The zero-order valence-electron chi connectivity index (χ0n) is 30.4. The molecule has 4 fully saturated rings. The number of amides is 3. The Morgan fingerprint density at radius 3 is 2.42 bits per heavy atom. The first-order valence-corrected chi connectivity index (χ1v) is 18.7. The van der Waals surface area contributed by atoms with Crippen LogP contribution in [0.15, 0.2) is 55.6 Å². The van der Waals surface area contributed by atoms with Crippen molar-refractivity contribution in [3.05, 3.63) is 61.2 Å². The van der Waals surface area contributed by atoms with Gasteiger partial charge in [-0.2, -0.15) is 0 Å². The molecular formula is C40H57N3O7. The van der Waals surface area contributed by atoms with Crippen LogP contribution in [-0.4, -0.2) is 99.6 Å². The minimum Gasteiger partial charge on any atom is -0.455 e. The Kier molecular flexibility index (Phi) is 12.3. The number of fused-ring (bicyclic) bond motifs is 1. The van der Waals surface area contributed by atoms with Crippen molar-refractivity contribution in [2.24, 2.45) is 17.8 Å². The molecular weight excluding hydrogens is 634 g/mol. The molecule has 0 unspecified atom stereocenters. The van der Waals surface area contributed by atoms with Crippen LogP contribution >= 0.6 is 0 Å². The number of likely N-dealkylation sites (N-methyl/N-ethyl adjacent to an activating group) is 1. The van der Waals surface area contributed by atoms with Crippen molar-refractivity contribution in [3.63, 3.8) is 0 Å². The predicted molar refractivity (Wildman–Crippen MR) is 191 cm³/mol. The minimum absolute atomic E-state index is 0.0245. The molecule has 10 nitrogen and oxygen atoms in total. The van der Waals surface area contributed by atoms with Gasteiger partial charge in [0.15, 0.2) is 0 Å². The fourth-order valence-corrected chi connectivity index (χ4v) is 9.04. The van der Waals surface area contributed by atoms with Crippen molar-refractivity contribution in [3.8, 4) is 0 Å². The second-order valence-corrected chi connectivity index (χ2v) is 14.8. The van der Waals surface area contributed by atoms with Crippen molar-refractivity contribution in [1.29, 1.82) is 0 Å². The zero-order chi connectivity index (χ0) is 36.2. The highest BCUT2D eigenvalue weighted by molar-refractivity contribution is 5.98. The quantitative estimate of drug-likeness (QED) is 0.187. The van der Waals surface area contributed by atoms with Crippen LogP contribution in [0.4, 0.5) is 0 Å². The Morgan fingerprint density at radius 2 is 1.80 bits per heavy atom. The lowest BCUT2D eigenvalue weighted by Gasteiger charge is -2.43. The van der Waals surface area contributed by atoms with Gasteiger partial charge in [0, 0.05) is 26.1 Å². The molecule has 1 saturated carbocycles. The first-order valence-electron chi connectivity index (χ1n) is 18.7. The predicted octanol–water partition coefficient (Wildman–Crippen LogP) is 5.21. The van der Waals surface area contributed by atoms with Crippen LogP contribution in [0, 0.1) is 17.8 Å². The summed E-state index contributed by atoms with van der Waals surface area (Å²) in [6.07, 6.45) is 9.46. The van der Waals surface area contributed by atoms with E-state index in [1.165, 1.54) is 0 Å². The average Bonchev–Trinajstić information content (AvgIpc) is 3.79. The third-order valence-electron chi connectivity index (χ3n) is 12.1. The van der Waals surface area contributed by atoms with E-state index in [9.17, 15) is 24.3 Å². The molecule has 1 aliphatic carbocycles. The summed E-state index contributed by atoms with van der Waals surface area (Å²) in [7, 11) is 1.70. The molecule has 5 rings (SSSR count). The largest absolute Gasteiger partial charge is 0.455 e. The molecule has 4 aliphatic rings. The van der Waals surface area contributed by atoms with Crippen LogP contribution < -0.4 is 0 Å². The van der Waals surface area contributed by atoms with Gasteiger partial charge in [-0.3, -0.25) is 19.2 Å². The molecule has 1 aromatic rings. The van der Waals surface area contributed by atoms with Crippen molar-refractivity contribution >= 4 is 23.7 Å². The van der Waals surface area contributed by atoms with Crippen LogP contribution in [0.1, 0.15) is 96.6 Å².